The van der Waals surface area contributed by atoms with E-state index in [1.54, 1.807) is 0 Å². The van der Waals surface area contributed by atoms with Crippen LogP contribution in [0.15, 0.2) is 53.4 Å². The van der Waals surface area contributed by atoms with Gasteiger partial charge in [-0.3, -0.25) is 9.10 Å². The first-order chi connectivity index (χ1) is 15.4. The molecule has 0 radical (unpaired) electrons. The van der Waals surface area contributed by atoms with Crippen molar-refractivity contribution in [3.8, 4) is 5.75 Å². The lowest BCUT2D eigenvalue weighted by Gasteiger charge is -2.26. The molecule has 3 rings (SSSR count). The van der Waals surface area contributed by atoms with E-state index in [0.717, 1.165) is 30.4 Å². The zero-order chi connectivity index (χ0) is 23.0. The van der Waals surface area contributed by atoms with E-state index in [1.165, 1.54) is 74.9 Å². The van der Waals surface area contributed by atoms with Crippen molar-refractivity contribution in [1.29, 1.82) is 0 Å². The molecule has 1 aliphatic rings. The van der Waals surface area contributed by atoms with Gasteiger partial charge in [-0.05, 0) is 75.3 Å². The number of para-hydroxylation sites is 1. The van der Waals surface area contributed by atoms with E-state index in [9.17, 15) is 17.6 Å². The molecule has 7 nitrogen and oxygen atoms in total. The summed E-state index contributed by atoms with van der Waals surface area (Å²) in [5.74, 6) is -0.709. The summed E-state index contributed by atoms with van der Waals surface area (Å²) < 4.78 is 47.0. The minimum absolute atomic E-state index is 0.0561. The maximum atomic E-state index is 14.5. The number of piperidine rings is 1. The number of hydrogen-bond acceptors (Lipinski definition) is 5. The van der Waals surface area contributed by atoms with Crippen LogP contribution in [0.25, 0.3) is 0 Å². The third-order valence-electron chi connectivity index (χ3n) is 5.48. The Hall–Kier alpha value is -2.65. The van der Waals surface area contributed by atoms with Crippen LogP contribution in [0.5, 0.6) is 5.75 Å². The number of halogens is 1. The Labute approximate surface area is 189 Å². The van der Waals surface area contributed by atoms with E-state index in [-0.39, 0.29) is 10.6 Å². The Bertz CT molecular complexity index is 993. The highest BCUT2D eigenvalue weighted by Gasteiger charge is 2.29. The largest absolute Gasteiger partial charge is 0.497 e. The molecule has 0 unspecified atom stereocenters. The van der Waals surface area contributed by atoms with Gasteiger partial charge in [0.1, 0.15) is 18.1 Å². The van der Waals surface area contributed by atoms with Gasteiger partial charge >= 0.3 is 0 Å². The molecule has 0 aromatic heterocycles. The Morgan fingerprint density at radius 2 is 1.78 bits per heavy atom. The summed E-state index contributed by atoms with van der Waals surface area (Å²) in [6, 6.07) is 11.3. The van der Waals surface area contributed by atoms with Crippen molar-refractivity contribution in [3.05, 3.63) is 54.3 Å². The lowest BCUT2D eigenvalue weighted by Crippen LogP contribution is -2.42. The van der Waals surface area contributed by atoms with Crippen LogP contribution in [0, 0.1) is 5.82 Å². The van der Waals surface area contributed by atoms with Gasteiger partial charge < -0.3 is 15.0 Å². The lowest BCUT2D eigenvalue weighted by atomic mass is 10.1. The number of carbonyl (C=O) groups is 1. The van der Waals surface area contributed by atoms with E-state index >= 15 is 0 Å². The first-order valence-electron chi connectivity index (χ1n) is 10.8. The highest BCUT2D eigenvalue weighted by Crippen LogP contribution is 2.27. The zero-order valence-corrected chi connectivity index (χ0v) is 19.1. The number of benzene rings is 2. The molecule has 0 saturated carbocycles. The van der Waals surface area contributed by atoms with Gasteiger partial charge in [-0.1, -0.05) is 18.6 Å². The van der Waals surface area contributed by atoms with E-state index in [4.69, 9.17) is 4.74 Å². The van der Waals surface area contributed by atoms with Gasteiger partial charge in [0, 0.05) is 6.54 Å². The molecule has 9 heteroatoms. The summed E-state index contributed by atoms with van der Waals surface area (Å²) >= 11 is 0. The molecule has 0 aliphatic carbocycles. The second-order valence-corrected chi connectivity index (χ2v) is 9.61. The number of ether oxygens (including phenoxy) is 1. The number of methoxy groups -OCH3 is 1. The quantitative estimate of drug-likeness (QED) is 0.548. The van der Waals surface area contributed by atoms with E-state index in [0.29, 0.717) is 12.3 Å². The smallest absolute Gasteiger partial charge is 0.264 e. The average Bonchev–Trinajstić information content (AvgIpc) is 2.81. The van der Waals surface area contributed by atoms with Crippen LogP contribution in [0.1, 0.15) is 25.7 Å². The van der Waals surface area contributed by atoms with E-state index in [1.807, 2.05) is 0 Å². The number of nitrogens with zero attached hydrogens (tertiary/aromatic N) is 2. The number of nitrogens with one attached hydrogen (secondary N) is 1. The van der Waals surface area contributed by atoms with Gasteiger partial charge in [-0.2, -0.15) is 0 Å². The molecule has 2 aromatic carbocycles. The summed E-state index contributed by atoms with van der Waals surface area (Å²) in [4.78, 5) is 14.9. The molecule has 174 valence electrons. The topological polar surface area (TPSA) is 79.0 Å². The van der Waals surface area contributed by atoms with Gasteiger partial charge in [0.2, 0.25) is 5.91 Å². The molecule has 1 heterocycles. The third-order valence-corrected chi connectivity index (χ3v) is 7.25. The number of hydrogen-bond donors (Lipinski definition) is 1. The van der Waals surface area contributed by atoms with Crippen LogP contribution in [0.4, 0.5) is 10.1 Å². The number of sulfonamides is 1. The normalized spacial score (nSPS) is 14.7. The van der Waals surface area contributed by atoms with Gasteiger partial charge in [-0.15, -0.1) is 0 Å². The molecular weight excluding hydrogens is 433 g/mol. The third kappa shape index (κ3) is 6.20. The fraction of sp³-hybridized carbons (Fsp3) is 0.435. The Morgan fingerprint density at radius 3 is 2.44 bits per heavy atom. The second kappa shape index (κ2) is 11.3. The van der Waals surface area contributed by atoms with E-state index in [2.05, 4.69) is 10.2 Å². The van der Waals surface area contributed by atoms with Gasteiger partial charge in [0.15, 0.2) is 0 Å². The van der Waals surface area contributed by atoms with Crippen LogP contribution in [0.2, 0.25) is 0 Å². The number of anilines is 1. The summed E-state index contributed by atoms with van der Waals surface area (Å²) in [6.07, 6.45) is 4.44. The van der Waals surface area contributed by atoms with Crippen LogP contribution >= 0.6 is 0 Å². The molecule has 1 N–H and O–H groups in total. The average molecular weight is 464 g/mol. The minimum Gasteiger partial charge on any atom is -0.497 e. The van der Waals surface area contributed by atoms with Crippen LogP contribution in [-0.2, 0) is 14.8 Å². The molecule has 1 saturated heterocycles. The lowest BCUT2D eigenvalue weighted by molar-refractivity contribution is -0.119. The van der Waals surface area contributed by atoms with Gasteiger partial charge in [0.25, 0.3) is 10.0 Å². The fourth-order valence-corrected chi connectivity index (χ4v) is 5.16. The molecule has 32 heavy (non-hydrogen) atoms. The standard InChI is InChI=1S/C23H30FN3O4S/c1-31-19-10-12-20(13-11-19)32(29,30)27(22-9-4-3-8-21(22)24)18-23(28)25-14-7-17-26-15-5-2-6-16-26/h3-4,8-13H,2,5-7,14-18H2,1H3,(H,25,28). The predicted octanol–water partition coefficient (Wildman–Crippen LogP) is 3.02. The monoisotopic (exact) mass is 463 g/mol. The SMILES string of the molecule is COc1ccc(S(=O)(=O)N(CC(=O)NCCCN2CCCCC2)c2ccccc2F)cc1. The molecule has 2 aromatic rings. The van der Waals surface area contributed by atoms with Gasteiger partial charge in [0.05, 0.1) is 17.7 Å². The number of carbonyl (C=O) groups excluding carboxylic acids is 1. The first kappa shape index (κ1) is 24.0. The fourth-order valence-electron chi connectivity index (χ4n) is 3.73. The summed E-state index contributed by atoms with van der Waals surface area (Å²) in [6.45, 7) is 2.97. The molecule has 1 aliphatic heterocycles. The Balaban J connectivity index is 1.70. The Morgan fingerprint density at radius 1 is 1.09 bits per heavy atom. The molecule has 0 bridgehead atoms. The van der Waals surface area contributed by atoms with Crippen molar-refractivity contribution in [2.24, 2.45) is 0 Å². The molecule has 1 fully saturated rings. The highest BCUT2D eigenvalue weighted by atomic mass is 32.2. The number of amides is 1. The van der Waals surface area contributed by atoms with Crippen LogP contribution < -0.4 is 14.4 Å². The highest BCUT2D eigenvalue weighted by molar-refractivity contribution is 7.92. The van der Waals surface area contributed by atoms with Crippen molar-refractivity contribution >= 4 is 21.6 Å². The maximum absolute atomic E-state index is 14.5. The van der Waals surface area contributed by atoms with Crippen molar-refractivity contribution in [3.63, 3.8) is 0 Å². The molecule has 0 atom stereocenters. The van der Waals surface area contributed by atoms with Crippen molar-refractivity contribution < 1.29 is 22.3 Å². The van der Waals surface area contributed by atoms with Crippen molar-refractivity contribution in [2.75, 3.05) is 44.1 Å². The predicted molar refractivity (Wildman–Crippen MR) is 122 cm³/mol. The zero-order valence-electron chi connectivity index (χ0n) is 18.3. The second-order valence-electron chi connectivity index (χ2n) is 7.74. The van der Waals surface area contributed by atoms with Crippen LogP contribution in [0.3, 0.4) is 0 Å². The summed E-state index contributed by atoms with van der Waals surface area (Å²) in [5.41, 5.74) is -0.174. The van der Waals surface area contributed by atoms with Crippen molar-refractivity contribution in [1.82, 2.24) is 10.2 Å². The Kier molecular flexibility index (Phi) is 8.46. The summed E-state index contributed by atoms with van der Waals surface area (Å²) in [7, 11) is -2.70. The number of rotatable bonds is 10. The molecule has 1 amide bonds. The van der Waals surface area contributed by atoms with Crippen molar-refractivity contribution in [2.45, 2.75) is 30.6 Å². The van der Waals surface area contributed by atoms with E-state index < -0.39 is 28.3 Å². The number of likely N-dealkylation sites (tertiary alicyclic amines) is 1. The maximum Gasteiger partial charge on any atom is 0.264 e. The first-order valence-corrected chi connectivity index (χ1v) is 12.3. The molecule has 0 spiro atoms. The minimum atomic E-state index is -4.18. The molecular formula is C23H30FN3O4S. The van der Waals surface area contributed by atoms with Crippen LogP contribution in [-0.4, -0.2) is 59.1 Å². The summed E-state index contributed by atoms with van der Waals surface area (Å²) in [5, 5.41) is 2.77. The van der Waals surface area contributed by atoms with Gasteiger partial charge in [-0.25, -0.2) is 12.8 Å².